The molecule has 24 heavy (non-hydrogen) atoms. The summed E-state index contributed by atoms with van der Waals surface area (Å²) >= 11 is 0. The van der Waals surface area contributed by atoms with Crippen molar-refractivity contribution in [3.05, 3.63) is 53.7 Å². The Bertz CT molecular complexity index is 858. The molecule has 0 bridgehead atoms. The molecule has 0 aliphatic carbocycles. The fraction of sp³-hybridized carbons (Fsp3) is 0.235. The second-order valence-electron chi connectivity index (χ2n) is 5.73. The molecule has 0 unspecified atom stereocenters. The smallest absolute Gasteiger partial charge is 0.391 e. The predicted octanol–water partition coefficient (Wildman–Crippen LogP) is 2.92. The number of fused-ring (bicyclic) bond motifs is 1. The third-order valence-corrected chi connectivity index (χ3v) is 3.61. The van der Waals surface area contributed by atoms with Crippen molar-refractivity contribution in [2.45, 2.75) is 26.3 Å². The van der Waals surface area contributed by atoms with Crippen LogP contribution in [-0.4, -0.2) is 20.7 Å². The molecule has 0 saturated carbocycles. The van der Waals surface area contributed by atoms with E-state index in [0.29, 0.717) is 18.0 Å². The molecule has 3 rings (SSSR count). The van der Waals surface area contributed by atoms with Gasteiger partial charge in [-0.15, -0.1) is 0 Å². The number of nitrogens with one attached hydrogen (secondary N) is 1. The van der Waals surface area contributed by atoms with Crippen LogP contribution < -0.4 is 15.8 Å². The van der Waals surface area contributed by atoms with Gasteiger partial charge in [-0.3, -0.25) is 0 Å². The fourth-order valence-corrected chi connectivity index (χ4v) is 2.41. The Hall–Kier alpha value is -3.09. The molecular formula is C17H19N5O2. The van der Waals surface area contributed by atoms with Gasteiger partial charge in [0.25, 0.3) is 0 Å². The number of carbonyl (C=O) groups is 1. The molecule has 0 aliphatic heterocycles. The van der Waals surface area contributed by atoms with E-state index in [1.165, 1.54) is 4.52 Å². The van der Waals surface area contributed by atoms with Crippen molar-refractivity contribution in [2.75, 3.05) is 5.32 Å². The molecule has 0 spiro atoms. The van der Waals surface area contributed by atoms with Gasteiger partial charge >= 0.3 is 6.09 Å². The molecule has 2 heterocycles. The standard InChI is InChI=1S/C17H19N5O2/c1-11(2)13-10-20-22-15(24-17(18)23)8-14(21-16(13)22)19-9-12-6-4-3-5-7-12/h3-8,10-11H,9H2,1-2H3,(H2,18,23)(H,19,21). The van der Waals surface area contributed by atoms with Crippen molar-refractivity contribution < 1.29 is 9.53 Å². The highest BCUT2D eigenvalue weighted by Crippen LogP contribution is 2.25. The highest BCUT2D eigenvalue weighted by molar-refractivity contribution is 5.68. The molecule has 0 atom stereocenters. The molecule has 1 amide bonds. The third-order valence-electron chi connectivity index (χ3n) is 3.61. The number of ether oxygens (including phenoxy) is 1. The van der Waals surface area contributed by atoms with Crippen LogP contribution in [0.4, 0.5) is 10.6 Å². The highest BCUT2D eigenvalue weighted by Gasteiger charge is 2.15. The molecule has 0 fully saturated rings. The Balaban J connectivity index is 1.97. The van der Waals surface area contributed by atoms with E-state index in [1.54, 1.807) is 12.3 Å². The lowest BCUT2D eigenvalue weighted by Crippen LogP contribution is -2.18. The molecular weight excluding hydrogens is 306 g/mol. The Morgan fingerprint density at radius 3 is 2.75 bits per heavy atom. The second kappa shape index (κ2) is 6.57. The maximum Gasteiger partial charge on any atom is 0.411 e. The minimum absolute atomic E-state index is 0.231. The number of nitrogens with two attached hydrogens (primary N) is 1. The van der Waals surface area contributed by atoms with Gasteiger partial charge in [0.2, 0.25) is 5.88 Å². The van der Waals surface area contributed by atoms with Crippen LogP contribution in [0.25, 0.3) is 5.65 Å². The first-order valence-corrected chi connectivity index (χ1v) is 7.68. The lowest BCUT2D eigenvalue weighted by atomic mass is 10.1. The molecule has 124 valence electrons. The molecule has 7 nitrogen and oxygen atoms in total. The van der Waals surface area contributed by atoms with Gasteiger partial charge in [-0.25, -0.2) is 9.78 Å². The van der Waals surface area contributed by atoms with Crippen LogP contribution in [-0.2, 0) is 6.54 Å². The van der Waals surface area contributed by atoms with E-state index in [-0.39, 0.29) is 11.8 Å². The quantitative estimate of drug-likeness (QED) is 0.752. The molecule has 0 saturated heterocycles. The molecule has 0 aliphatic rings. The molecule has 2 aromatic heterocycles. The van der Waals surface area contributed by atoms with Crippen molar-refractivity contribution in [3.63, 3.8) is 0 Å². The van der Waals surface area contributed by atoms with Crippen molar-refractivity contribution >= 4 is 17.6 Å². The van der Waals surface area contributed by atoms with E-state index in [9.17, 15) is 4.79 Å². The van der Waals surface area contributed by atoms with E-state index in [4.69, 9.17) is 10.5 Å². The number of benzene rings is 1. The predicted molar refractivity (Wildman–Crippen MR) is 91.1 cm³/mol. The van der Waals surface area contributed by atoms with Crippen molar-refractivity contribution in [2.24, 2.45) is 5.73 Å². The summed E-state index contributed by atoms with van der Waals surface area (Å²) in [4.78, 5) is 15.8. The molecule has 7 heteroatoms. The van der Waals surface area contributed by atoms with Crippen LogP contribution in [0.2, 0.25) is 0 Å². The second-order valence-corrected chi connectivity index (χ2v) is 5.73. The first-order valence-electron chi connectivity index (χ1n) is 7.68. The van der Waals surface area contributed by atoms with E-state index in [2.05, 4.69) is 29.2 Å². The molecule has 3 aromatic rings. The molecule has 0 radical (unpaired) electrons. The number of hydrogen-bond acceptors (Lipinski definition) is 5. The first kappa shape index (κ1) is 15.8. The average Bonchev–Trinajstić information content (AvgIpc) is 2.98. The third kappa shape index (κ3) is 3.29. The summed E-state index contributed by atoms with van der Waals surface area (Å²) in [6, 6.07) is 11.6. The van der Waals surface area contributed by atoms with Gasteiger partial charge in [0.1, 0.15) is 5.82 Å². The maximum absolute atomic E-state index is 11.2. The SMILES string of the molecule is CC(C)c1cnn2c(OC(N)=O)cc(NCc3ccccc3)nc12. The number of hydrogen-bond donors (Lipinski definition) is 2. The van der Waals surface area contributed by atoms with E-state index in [1.807, 2.05) is 30.3 Å². The zero-order valence-electron chi connectivity index (χ0n) is 13.6. The highest BCUT2D eigenvalue weighted by atomic mass is 16.6. The van der Waals surface area contributed by atoms with Crippen LogP contribution in [0.3, 0.4) is 0 Å². The number of amides is 1. The molecule has 3 N–H and O–H groups in total. The van der Waals surface area contributed by atoms with E-state index >= 15 is 0 Å². The maximum atomic E-state index is 11.2. The van der Waals surface area contributed by atoms with Gasteiger partial charge in [-0.1, -0.05) is 44.2 Å². The van der Waals surface area contributed by atoms with E-state index < -0.39 is 6.09 Å². The average molecular weight is 325 g/mol. The van der Waals surface area contributed by atoms with Crippen LogP contribution >= 0.6 is 0 Å². The Morgan fingerprint density at radius 1 is 1.33 bits per heavy atom. The summed E-state index contributed by atoms with van der Waals surface area (Å²) in [6.45, 7) is 4.71. The van der Waals surface area contributed by atoms with Gasteiger partial charge in [-0.05, 0) is 11.5 Å². The van der Waals surface area contributed by atoms with Gasteiger partial charge in [0.05, 0.1) is 6.20 Å². The Morgan fingerprint density at radius 2 is 2.08 bits per heavy atom. The normalized spacial score (nSPS) is 11.0. The summed E-state index contributed by atoms with van der Waals surface area (Å²) in [7, 11) is 0. The van der Waals surface area contributed by atoms with Crippen LogP contribution in [0.5, 0.6) is 5.88 Å². The van der Waals surface area contributed by atoms with Crippen LogP contribution in [0.15, 0.2) is 42.6 Å². The monoisotopic (exact) mass is 325 g/mol. The topological polar surface area (TPSA) is 94.5 Å². The number of anilines is 1. The fourth-order valence-electron chi connectivity index (χ4n) is 2.41. The Kier molecular flexibility index (Phi) is 4.33. The van der Waals surface area contributed by atoms with Gasteiger partial charge in [0.15, 0.2) is 5.65 Å². The first-order chi connectivity index (χ1) is 11.5. The minimum Gasteiger partial charge on any atom is -0.391 e. The van der Waals surface area contributed by atoms with Crippen LogP contribution in [0, 0.1) is 0 Å². The number of carbonyl (C=O) groups excluding carboxylic acids is 1. The Labute approximate surface area is 139 Å². The summed E-state index contributed by atoms with van der Waals surface area (Å²) in [5.41, 5.74) is 7.88. The van der Waals surface area contributed by atoms with E-state index in [0.717, 1.165) is 11.1 Å². The van der Waals surface area contributed by atoms with Gasteiger partial charge < -0.3 is 15.8 Å². The lowest BCUT2D eigenvalue weighted by Gasteiger charge is -2.10. The summed E-state index contributed by atoms with van der Waals surface area (Å²) in [6.07, 6.45) is 0.833. The number of nitrogens with zero attached hydrogens (tertiary/aromatic N) is 3. The summed E-state index contributed by atoms with van der Waals surface area (Å²) < 4.78 is 6.55. The minimum atomic E-state index is -0.891. The number of aromatic nitrogens is 3. The molecule has 1 aromatic carbocycles. The number of rotatable bonds is 5. The zero-order valence-corrected chi connectivity index (χ0v) is 13.6. The van der Waals surface area contributed by atoms with Crippen molar-refractivity contribution in [1.82, 2.24) is 14.6 Å². The lowest BCUT2D eigenvalue weighted by molar-refractivity contribution is 0.208. The van der Waals surface area contributed by atoms with Crippen molar-refractivity contribution in [1.29, 1.82) is 0 Å². The summed E-state index contributed by atoms with van der Waals surface area (Å²) in [5, 5.41) is 7.48. The summed E-state index contributed by atoms with van der Waals surface area (Å²) in [5.74, 6) is 1.06. The largest absolute Gasteiger partial charge is 0.411 e. The van der Waals surface area contributed by atoms with Gasteiger partial charge in [0, 0.05) is 18.2 Å². The van der Waals surface area contributed by atoms with Crippen LogP contribution in [0.1, 0.15) is 30.9 Å². The van der Waals surface area contributed by atoms with Gasteiger partial charge in [-0.2, -0.15) is 9.61 Å². The van der Waals surface area contributed by atoms with Crippen molar-refractivity contribution in [3.8, 4) is 5.88 Å². The zero-order chi connectivity index (χ0) is 17.1. The number of primary amides is 1.